The average Bonchev–Trinajstić information content (AvgIpc) is 2.95. The van der Waals surface area contributed by atoms with E-state index in [1.54, 1.807) is 11.9 Å². The van der Waals surface area contributed by atoms with E-state index in [2.05, 4.69) is 11.8 Å². The van der Waals surface area contributed by atoms with E-state index in [1.165, 1.54) is 11.3 Å². The highest BCUT2D eigenvalue weighted by Crippen LogP contribution is 2.22. The summed E-state index contributed by atoms with van der Waals surface area (Å²) in [7, 11) is 1.76. The van der Waals surface area contributed by atoms with Crippen LogP contribution in [0.5, 0.6) is 0 Å². The highest BCUT2D eigenvalue weighted by atomic mass is 32.1. The molecule has 108 valence electrons. The summed E-state index contributed by atoms with van der Waals surface area (Å²) in [5, 5.41) is 10.6. The molecule has 0 unspecified atom stereocenters. The molecule has 4 heteroatoms. The molecule has 1 N–H and O–H groups in total. The minimum atomic E-state index is -0.0675. The van der Waals surface area contributed by atoms with Crippen molar-refractivity contribution in [3.8, 4) is 11.8 Å². The SMILES string of the molecule is Cc1ccc(N(C)C(=O)c2sccc2C#CCCO)cc1. The van der Waals surface area contributed by atoms with E-state index in [4.69, 9.17) is 5.11 Å². The Hall–Kier alpha value is -2.09. The molecule has 0 saturated heterocycles. The topological polar surface area (TPSA) is 40.5 Å². The molecule has 0 saturated carbocycles. The number of hydrogen-bond donors (Lipinski definition) is 1. The number of nitrogens with zero attached hydrogens (tertiary/aromatic N) is 1. The zero-order chi connectivity index (χ0) is 15.2. The lowest BCUT2D eigenvalue weighted by Crippen LogP contribution is -2.25. The van der Waals surface area contributed by atoms with Gasteiger partial charge in [-0.2, -0.15) is 0 Å². The van der Waals surface area contributed by atoms with E-state index in [1.807, 2.05) is 42.6 Å². The van der Waals surface area contributed by atoms with Crippen LogP contribution in [0.4, 0.5) is 5.69 Å². The first-order valence-electron chi connectivity index (χ1n) is 6.65. The lowest BCUT2D eigenvalue weighted by atomic mass is 10.2. The number of amides is 1. The Morgan fingerprint density at radius 1 is 1.29 bits per heavy atom. The van der Waals surface area contributed by atoms with Gasteiger partial charge in [-0.3, -0.25) is 4.79 Å². The van der Waals surface area contributed by atoms with Crippen molar-refractivity contribution in [1.29, 1.82) is 0 Å². The lowest BCUT2D eigenvalue weighted by molar-refractivity contribution is 0.0996. The summed E-state index contributed by atoms with van der Waals surface area (Å²) < 4.78 is 0. The summed E-state index contributed by atoms with van der Waals surface area (Å²) in [5.74, 6) is 5.73. The van der Waals surface area contributed by atoms with Gasteiger partial charge in [0.25, 0.3) is 5.91 Å². The fourth-order valence-corrected chi connectivity index (χ4v) is 2.65. The number of thiophene rings is 1. The molecule has 1 aromatic heterocycles. The molecule has 1 heterocycles. The molecule has 0 fully saturated rings. The van der Waals surface area contributed by atoms with E-state index in [-0.39, 0.29) is 12.5 Å². The third-order valence-electron chi connectivity index (χ3n) is 3.05. The summed E-state index contributed by atoms with van der Waals surface area (Å²) in [4.78, 5) is 14.8. The zero-order valence-electron chi connectivity index (χ0n) is 12.1. The summed E-state index contributed by atoms with van der Waals surface area (Å²) in [6.07, 6.45) is 0.414. The molecule has 3 nitrogen and oxygen atoms in total. The molecule has 0 bridgehead atoms. The van der Waals surface area contributed by atoms with Gasteiger partial charge in [-0.1, -0.05) is 29.5 Å². The maximum absolute atomic E-state index is 12.6. The van der Waals surface area contributed by atoms with Crippen LogP contribution in [0.2, 0.25) is 0 Å². The number of anilines is 1. The highest BCUT2D eigenvalue weighted by Gasteiger charge is 2.17. The van der Waals surface area contributed by atoms with Crippen molar-refractivity contribution in [2.24, 2.45) is 0 Å². The largest absolute Gasteiger partial charge is 0.395 e. The molecule has 21 heavy (non-hydrogen) atoms. The molecule has 2 rings (SSSR count). The molecule has 0 aliphatic carbocycles. The third-order valence-corrected chi connectivity index (χ3v) is 3.95. The maximum Gasteiger partial charge on any atom is 0.269 e. The number of aliphatic hydroxyl groups is 1. The predicted molar refractivity (Wildman–Crippen MR) is 86.8 cm³/mol. The first-order valence-corrected chi connectivity index (χ1v) is 7.53. The summed E-state index contributed by atoms with van der Waals surface area (Å²) >= 11 is 1.39. The second kappa shape index (κ2) is 7.07. The van der Waals surface area contributed by atoms with Crippen LogP contribution in [0, 0.1) is 18.8 Å². The number of carbonyl (C=O) groups excluding carboxylic acids is 1. The van der Waals surface area contributed by atoms with Crippen LogP contribution in [0.25, 0.3) is 0 Å². The van der Waals surface area contributed by atoms with E-state index in [0.29, 0.717) is 11.3 Å². The summed E-state index contributed by atoms with van der Waals surface area (Å²) in [6.45, 7) is 2.05. The van der Waals surface area contributed by atoms with Crippen molar-refractivity contribution in [2.45, 2.75) is 13.3 Å². The van der Waals surface area contributed by atoms with Gasteiger partial charge in [0, 0.05) is 24.7 Å². The van der Waals surface area contributed by atoms with Gasteiger partial charge >= 0.3 is 0 Å². The van der Waals surface area contributed by atoms with Crippen molar-refractivity contribution in [3.05, 3.63) is 51.7 Å². The second-order valence-corrected chi connectivity index (χ2v) is 5.55. The van der Waals surface area contributed by atoms with Gasteiger partial charge in [0.2, 0.25) is 0 Å². The number of hydrogen-bond acceptors (Lipinski definition) is 3. The molecule has 0 aliphatic rings. The van der Waals surface area contributed by atoms with Gasteiger partial charge in [-0.25, -0.2) is 0 Å². The standard InChI is InChI=1S/C17H17NO2S/c1-13-6-8-15(9-7-13)18(2)17(20)16-14(10-12-21-16)5-3-4-11-19/h6-10,12,19H,4,11H2,1-2H3. The van der Waals surface area contributed by atoms with Gasteiger partial charge < -0.3 is 10.0 Å². The minimum Gasteiger partial charge on any atom is -0.395 e. The average molecular weight is 299 g/mol. The van der Waals surface area contributed by atoms with Crippen molar-refractivity contribution < 1.29 is 9.90 Å². The molecule has 1 amide bonds. The predicted octanol–water partition coefficient (Wildman–Crippen LogP) is 3.07. The highest BCUT2D eigenvalue weighted by molar-refractivity contribution is 7.12. The van der Waals surface area contributed by atoms with Crippen LogP contribution in [-0.4, -0.2) is 24.7 Å². The Kier molecular flexibility index (Phi) is 5.15. The van der Waals surface area contributed by atoms with Crippen molar-refractivity contribution in [3.63, 3.8) is 0 Å². The Labute approximate surface area is 128 Å². The second-order valence-electron chi connectivity index (χ2n) is 4.64. The van der Waals surface area contributed by atoms with Crippen molar-refractivity contribution in [2.75, 3.05) is 18.6 Å². The lowest BCUT2D eigenvalue weighted by Gasteiger charge is -2.17. The normalized spacial score (nSPS) is 9.86. The zero-order valence-corrected chi connectivity index (χ0v) is 12.9. The smallest absolute Gasteiger partial charge is 0.269 e. The van der Waals surface area contributed by atoms with E-state index >= 15 is 0 Å². The quantitative estimate of drug-likeness (QED) is 0.885. The Morgan fingerprint density at radius 3 is 2.67 bits per heavy atom. The molecule has 0 radical (unpaired) electrons. The first kappa shape index (κ1) is 15.3. The third kappa shape index (κ3) is 3.72. The molecule has 2 aromatic rings. The fraction of sp³-hybridized carbons (Fsp3) is 0.235. The minimum absolute atomic E-state index is 0.0314. The number of carbonyl (C=O) groups is 1. The van der Waals surface area contributed by atoms with Crippen LogP contribution in [0.1, 0.15) is 27.2 Å². The first-order chi connectivity index (χ1) is 10.1. The summed E-state index contributed by atoms with van der Waals surface area (Å²) in [6, 6.07) is 9.66. The van der Waals surface area contributed by atoms with Crippen LogP contribution in [0.3, 0.4) is 0 Å². The van der Waals surface area contributed by atoms with Gasteiger partial charge in [-0.15, -0.1) is 11.3 Å². The number of aryl methyl sites for hydroxylation is 1. The molecular formula is C17H17NO2S. The molecule has 0 spiro atoms. The van der Waals surface area contributed by atoms with Gasteiger partial charge in [0.1, 0.15) is 4.88 Å². The molecule has 0 aliphatic heterocycles. The van der Waals surface area contributed by atoms with Crippen LogP contribution >= 0.6 is 11.3 Å². The van der Waals surface area contributed by atoms with Crippen LogP contribution < -0.4 is 4.90 Å². The van der Waals surface area contributed by atoms with Crippen molar-refractivity contribution >= 4 is 22.9 Å². The Balaban J connectivity index is 2.22. The summed E-state index contributed by atoms with van der Waals surface area (Å²) in [5.41, 5.74) is 2.73. The van der Waals surface area contributed by atoms with Crippen LogP contribution in [-0.2, 0) is 0 Å². The number of benzene rings is 1. The molecule has 0 atom stereocenters. The van der Waals surface area contributed by atoms with E-state index in [9.17, 15) is 4.79 Å². The Morgan fingerprint density at radius 2 is 2.00 bits per heavy atom. The van der Waals surface area contributed by atoms with Gasteiger partial charge in [-0.05, 0) is 30.5 Å². The van der Waals surface area contributed by atoms with Gasteiger partial charge in [0.05, 0.1) is 6.61 Å². The van der Waals surface area contributed by atoms with Crippen molar-refractivity contribution in [1.82, 2.24) is 0 Å². The maximum atomic E-state index is 12.6. The van der Waals surface area contributed by atoms with Gasteiger partial charge in [0.15, 0.2) is 0 Å². The van der Waals surface area contributed by atoms with Crippen LogP contribution in [0.15, 0.2) is 35.7 Å². The van der Waals surface area contributed by atoms with E-state index < -0.39 is 0 Å². The Bertz CT molecular complexity index is 677. The molecular weight excluding hydrogens is 282 g/mol. The monoisotopic (exact) mass is 299 g/mol. The number of rotatable bonds is 3. The fourth-order valence-electron chi connectivity index (χ4n) is 1.82. The number of aliphatic hydroxyl groups excluding tert-OH is 1. The molecule has 1 aromatic carbocycles. The van der Waals surface area contributed by atoms with E-state index in [0.717, 1.165) is 16.8 Å².